The smallest absolute Gasteiger partial charge is 0.274 e. The average molecular weight is 366 g/mol. The van der Waals surface area contributed by atoms with Crippen molar-refractivity contribution in [3.8, 4) is 5.69 Å². The molecule has 0 bridgehead atoms. The molecule has 0 fully saturated rings. The van der Waals surface area contributed by atoms with E-state index in [4.69, 9.17) is 11.6 Å². The second kappa shape index (κ2) is 6.96. The monoisotopic (exact) mass is 365 g/mol. The van der Waals surface area contributed by atoms with E-state index in [1.807, 2.05) is 66.3 Å². The highest BCUT2D eigenvalue weighted by molar-refractivity contribution is 6.30. The van der Waals surface area contributed by atoms with E-state index < -0.39 is 0 Å². The Hall–Kier alpha value is -2.59. The molecule has 132 valence electrons. The quantitative estimate of drug-likeness (QED) is 0.691. The van der Waals surface area contributed by atoms with Crippen molar-refractivity contribution in [2.45, 2.75) is 25.8 Å². The van der Waals surface area contributed by atoms with Crippen molar-refractivity contribution < 1.29 is 4.79 Å². The number of halogens is 1. The molecule has 1 aromatic heterocycles. The van der Waals surface area contributed by atoms with Crippen LogP contribution in [-0.4, -0.2) is 27.6 Å². The lowest BCUT2D eigenvalue weighted by atomic mass is 10.1. The largest absolute Gasteiger partial charge is 0.336 e. The third kappa shape index (κ3) is 3.13. The highest BCUT2D eigenvalue weighted by Crippen LogP contribution is 2.28. The molecule has 5 heteroatoms. The van der Waals surface area contributed by atoms with Crippen LogP contribution in [0.5, 0.6) is 0 Å². The van der Waals surface area contributed by atoms with Gasteiger partial charge in [0.25, 0.3) is 5.91 Å². The molecule has 1 aliphatic rings. The lowest BCUT2D eigenvalue weighted by Gasteiger charge is -2.16. The molecular weight excluding hydrogens is 346 g/mol. The SMILES string of the molecule is CN(Cc1ccc(Cl)cc1)C(=O)c1nn(-c2ccccc2)c2c1CCC2. The van der Waals surface area contributed by atoms with Crippen LogP contribution in [0, 0.1) is 0 Å². The van der Waals surface area contributed by atoms with Gasteiger partial charge in [0.1, 0.15) is 0 Å². The summed E-state index contributed by atoms with van der Waals surface area (Å²) in [6.45, 7) is 0.531. The molecule has 3 aromatic rings. The Labute approximate surface area is 158 Å². The summed E-state index contributed by atoms with van der Waals surface area (Å²) in [5.74, 6) is -0.0345. The van der Waals surface area contributed by atoms with Gasteiger partial charge in [-0.3, -0.25) is 4.79 Å². The van der Waals surface area contributed by atoms with Crippen molar-refractivity contribution in [1.82, 2.24) is 14.7 Å². The van der Waals surface area contributed by atoms with E-state index in [1.54, 1.807) is 4.90 Å². The first-order valence-electron chi connectivity index (χ1n) is 8.79. The van der Waals surface area contributed by atoms with Crippen molar-refractivity contribution >= 4 is 17.5 Å². The molecule has 0 saturated heterocycles. The fourth-order valence-corrected chi connectivity index (χ4v) is 3.63. The van der Waals surface area contributed by atoms with Crippen LogP contribution in [0.15, 0.2) is 54.6 Å². The van der Waals surface area contributed by atoms with E-state index in [0.29, 0.717) is 17.3 Å². The summed E-state index contributed by atoms with van der Waals surface area (Å²) in [5, 5.41) is 5.38. The fourth-order valence-electron chi connectivity index (χ4n) is 3.51. The Morgan fingerprint density at radius 1 is 1.12 bits per heavy atom. The van der Waals surface area contributed by atoms with Gasteiger partial charge in [0, 0.05) is 29.9 Å². The number of carbonyl (C=O) groups excluding carboxylic acids is 1. The van der Waals surface area contributed by atoms with Gasteiger partial charge in [-0.05, 0) is 49.1 Å². The predicted octanol–water partition coefficient (Wildman–Crippen LogP) is 4.29. The van der Waals surface area contributed by atoms with Crippen LogP contribution in [0.1, 0.15) is 33.7 Å². The maximum atomic E-state index is 13.0. The number of hydrogen-bond acceptors (Lipinski definition) is 2. The van der Waals surface area contributed by atoms with Crippen molar-refractivity contribution in [2.75, 3.05) is 7.05 Å². The van der Waals surface area contributed by atoms with Gasteiger partial charge in [0.15, 0.2) is 5.69 Å². The highest BCUT2D eigenvalue weighted by atomic mass is 35.5. The second-order valence-corrected chi connectivity index (χ2v) is 7.10. The van der Waals surface area contributed by atoms with E-state index in [-0.39, 0.29) is 5.91 Å². The van der Waals surface area contributed by atoms with E-state index in [0.717, 1.165) is 36.1 Å². The molecule has 0 saturated carbocycles. The molecule has 4 rings (SSSR count). The third-order valence-corrected chi connectivity index (χ3v) is 5.07. The molecule has 0 spiro atoms. The molecular formula is C21H20ClN3O. The minimum Gasteiger partial charge on any atom is -0.336 e. The average Bonchev–Trinajstić information content (AvgIpc) is 3.26. The van der Waals surface area contributed by atoms with Crippen molar-refractivity contribution in [3.63, 3.8) is 0 Å². The van der Waals surface area contributed by atoms with Crippen molar-refractivity contribution in [2.24, 2.45) is 0 Å². The number of amides is 1. The molecule has 4 nitrogen and oxygen atoms in total. The zero-order valence-corrected chi connectivity index (χ0v) is 15.4. The highest BCUT2D eigenvalue weighted by Gasteiger charge is 2.28. The van der Waals surface area contributed by atoms with Crippen LogP contribution in [-0.2, 0) is 19.4 Å². The van der Waals surface area contributed by atoms with Crippen LogP contribution in [0.2, 0.25) is 5.02 Å². The summed E-state index contributed by atoms with van der Waals surface area (Å²) in [4.78, 5) is 14.8. The number of para-hydroxylation sites is 1. The van der Waals surface area contributed by atoms with E-state index >= 15 is 0 Å². The van der Waals surface area contributed by atoms with Crippen LogP contribution in [0.4, 0.5) is 0 Å². The molecule has 26 heavy (non-hydrogen) atoms. The molecule has 1 heterocycles. The van der Waals surface area contributed by atoms with Crippen molar-refractivity contribution in [1.29, 1.82) is 0 Å². The fraction of sp³-hybridized carbons (Fsp3) is 0.238. The van der Waals surface area contributed by atoms with Crippen LogP contribution >= 0.6 is 11.6 Å². The van der Waals surface area contributed by atoms with Gasteiger partial charge in [0.05, 0.1) is 5.69 Å². The molecule has 1 aliphatic carbocycles. The Bertz CT molecular complexity index is 932. The second-order valence-electron chi connectivity index (χ2n) is 6.66. The van der Waals surface area contributed by atoms with Gasteiger partial charge in [0.2, 0.25) is 0 Å². The number of rotatable bonds is 4. The normalized spacial score (nSPS) is 12.8. The minimum atomic E-state index is -0.0345. The Morgan fingerprint density at radius 2 is 1.85 bits per heavy atom. The van der Waals surface area contributed by atoms with Crippen LogP contribution in [0.25, 0.3) is 5.69 Å². The van der Waals surface area contributed by atoms with Gasteiger partial charge in [-0.2, -0.15) is 5.10 Å². The number of hydrogen-bond donors (Lipinski definition) is 0. The van der Waals surface area contributed by atoms with Crippen LogP contribution < -0.4 is 0 Å². The molecule has 0 radical (unpaired) electrons. The molecule has 2 aromatic carbocycles. The zero-order valence-electron chi connectivity index (χ0n) is 14.7. The first-order valence-corrected chi connectivity index (χ1v) is 9.17. The van der Waals surface area contributed by atoms with Gasteiger partial charge >= 0.3 is 0 Å². The predicted molar refractivity (Wildman–Crippen MR) is 103 cm³/mol. The minimum absolute atomic E-state index is 0.0345. The maximum Gasteiger partial charge on any atom is 0.274 e. The molecule has 1 amide bonds. The van der Waals surface area contributed by atoms with Gasteiger partial charge in [-0.1, -0.05) is 41.9 Å². The number of fused-ring (bicyclic) bond motifs is 1. The van der Waals surface area contributed by atoms with E-state index in [1.165, 1.54) is 5.69 Å². The van der Waals surface area contributed by atoms with Crippen molar-refractivity contribution in [3.05, 3.63) is 82.1 Å². The van der Waals surface area contributed by atoms with Gasteiger partial charge in [-0.25, -0.2) is 4.68 Å². The van der Waals surface area contributed by atoms with E-state index in [2.05, 4.69) is 5.10 Å². The standard InChI is InChI=1S/C21H20ClN3O/c1-24(14-15-10-12-16(22)13-11-15)21(26)20-18-8-5-9-19(18)25(23-20)17-6-3-2-4-7-17/h2-4,6-7,10-13H,5,8-9,14H2,1H3. The summed E-state index contributed by atoms with van der Waals surface area (Å²) in [6, 6.07) is 17.6. The lowest BCUT2D eigenvalue weighted by Crippen LogP contribution is -2.27. The Morgan fingerprint density at radius 3 is 2.58 bits per heavy atom. The third-order valence-electron chi connectivity index (χ3n) is 4.81. The molecule has 0 atom stereocenters. The Balaban J connectivity index is 1.63. The first kappa shape index (κ1) is 16.9. The first-order chi connectivity index (χ1) is 12.6. The maximum absolute atomic E-state index is 13.0. The van der Waals surface area contributed by atoms with Gasteiger partial charge in [-0.15, -0.1) is 0 Å². The summed E-state index contributed by atoms with van der Waals surface area (Å²) >= 11 is 5.94. The summed E-state index contributed by atoms with van der Waals surface area (Å²) in [6.07, 6.45) is 2.95. The Kier molecular flexibility index (Phi) is 4.51. The number of benzene rings is 2. The number of aromatic nitrogens is 2. The summed E-state index contributed by atoms with van der Waals surface area (Å²) in [7, 11) is 1.82. The van der Waals surface area contributed by atoms with E-state index in [9.17, 15) is 4.79 Å². The van der Waals surface area contributed by atoms with Gasteiger partial charge < -0.3 is 4.90 Å². The summed E-state index contributed by atoms with van der Waals surface area (Å²) in [5.41, 5.74) is 4.90. The lowest BCUT2D eigenvalue weighted by molar-refractivity contribution is 0.0777. The van der Waals surface area contributed by atoms with Crippen LogP contribution in [0.3, 0.4) is 0 Å². The molecule has 0 unspecified atom stereocenters. The zero-order chi connectivity index (χ0) is 18.1. The summed E-state index contributed by atoms with van der Waals surface area (Å²) < 4.78 is 1.94. The molecule has 0 aliphatic heterocycles. The topological polar surface area (TPSA) is 38.1 Å². The molecule has 0 N–H and O–H groups in total. The number of nitrogens with zero attached hydrogens (tertiary/aromatic N) is 3. The number of carbonyl (C=O) groups is 1.